The molecule has 2 N–H and O–H groups in total. The van der Waals surface area contributed by atoms with E-state index < -0.39 is 0 Å². The van der Waals surface area contributed by atoms with Gasteiger partial charge in [-0.1, -0.05) is 6.92 Å². The molecule has 3 atom stereocenters. The van der Waals surface area contributed by atoms with Gasteiger partial charge in [0.15, 0.2) is 0 Å². The molecule has 0 radical (unpaired) electrons. The summed E-state index contributed by atoms with van der Waals surface area (Å²) in [5.74, 6) is 1.25. The Morgan fingerprint density at radius 1 is 1.56 bits per heavy atom. The Kier molecular flexibility index (Phi) is 4.24. The van der Waals surface area contributed by atoms with Crippen molar-refractivity contribution in [2.45, 2.75) is 32.4 Å². The van der Waals surface area contributed by atoms with Crippen LogP contribution in [0.5, 0.6) is 5.75 Å². The van der Waals surface area contributed by atoms with Crippen LogP contribution in [0, 0.1) is 5.92 Å². The van der Waals surface area contributed by atoms with Crippen molar-refractivity contribution in [1.29, 1.82) is 0 Å². The lowest BCUT2D eigenvalue weighted by atomic mass is 9.89. The van der Waals surface area contributed by atoms with E-state index in [1.54, 1.807) is 13.2 Å². The number of rotatable bonds is 3. The van der Waals surface area contributed by atoms with Crippen LogP contribution in [0.4, 0.5) is 0 Å². The second-order valence-corrected chi connectivity index (χ2v) is 5.77. The lowest BCUT2D eigenvalue weighted by molar-refractivity contribution is 0.0901. The van der Waals surface area contributed by atoms with Gasteiger partial charge in [0.25, 0.3) is 5.91 Å². The van der Waals surface area contributed by atoms with Crippen LogP contribution in [0.3, 0.4) is 0 Å². The number of hydrogen-bond donors (Lipinski definition) is 2. The molecule has 0 aromatic carbocycles. The summed E-state index contributed by atoms with van der Waals surface area (Å²) in [6.07, 6.45) is 1.10. The van der Waals surface area contributed by atoms with E-state index in [0.717, 1.165) is 18.7 Å². The normalized spacial score (nSPS) is 27.8. The number of ether oxygens (including phenoxy) is 1. The molecule has 5 heteroatoms. The zero-order chi connectivity index (χ0) is 13.1. The number of amides is 1. The standard InChI is InChI=1S/C13H20N2O2S/c1-8-4-5-14-9(2)12(8)15-13(16)11-6-10(17-3)7-18-11/h6-9,12,14H,4-5H2,1-3H3,(H,15,16). The van der Waals surface area contributed by atoms with E-state index in [1.807, 2.05) is 5.38 Å². The summed E-state index contributed by atoms with van der Waals surface area (Å²) < 4.78 is 5.10. The van der Waals surface area contributed by atoms with Crippen molar-refractivity contribution in [1.82, 2.24) is 10.6 Å². The molecule has 1 saturated heterocycles. The summed E-state index contributed by atoms with van der Waals surface area (Å²) in [5.41, 5.74) is 0. The predicted octanol–water partition coefficient (Wildman–Crippen LogP) is 1.87. The molecule has 4 nitrogen and oxygen atoms in total. The molecule has 18 heavy (non-hydrogen) atoms. The SMILES string of the molecule is COc1csc(C(=O)NC2C(C)CCNC2C)c1. The molecule has 1 aromatic heterocycles. The van der Waals surface area contributed by atoms with E-state index in [4.69, 9.17) is 4.74 Å². The van der Waals surface area contributed by atoms with Crippen molar-refractivity contribution in [3.63, 3.8) is 0 Å². The van der Waals surface area contributed by atoms with Crippen LogP contribution in [0.2, 0.25) is 0 Å². The molecule has 0 spiro atoms. The fourth-order valence-electron chi connectivity index (χ4n) is 2.37. The molecule has 2 heterocycles. The smallest absolute Gasteiger partial charge is 0.261 e. The minimum atomic E-state index is -0.00398. The van der Waals surface area contributed by atoms with Crippen molar-refractivity contribution in [3.8, 4) is 5.75 Å². The van der Waals surface area contributed by atoms with Crippen molar-refractivity contribution in [2.75, 3.05) is 13.7 Å². The molecule has 1 amide bonds. The van der Waals surface area contributed by atoms with Crippen LogP contribution >= 0.6 is 11.3 Å². The highest BCUT2D eigenvalue weighted by Crippen LogP contribution is 2.22. The fourth-order valence-corrected chi connectivity index (χ4v) is 3.13. The van der Waals surface area contributed by atoms with E-state index in [-0.39, 0.29) is 11.9 Å². The lowest BCUT2D eigenvalue weighted by Gasteiger charge is -2.35. The first-order chi connectivity index (χ1) is 8.61. The van der Waals surface area contributed by atoms with E-state index in [1.165, 1.54) is 11.3 Å². The summed E-state index contributed by atoms with van der Waals surface area (Å²) in [6, 6.07) is 2.30. The molecule has 1 aliphatic rings. The highest BCUT2D eigenvalue weighted by atomic mass is 32.1. The molecule has 0 bridgehead atoms. The molecular weight excluding hydrogens is 248 g/mol. The molecule has 1 fully saturated rings. The van der Waals surface area contributed by atoms with Gasteiger partial charge in [0.05, 0.1) is 12.0 Å². The van der Waals surface area contributed by atoms with Crippen molar-refractivity contribution in [3.05, 3.63) is 16.3 Å². The van der Waals surface area contributed by atoms with Gasteiger partial charge in [-0.05, 0) is 25.8 Å². The molecule has 100 valence electrons. The highest BCUT2D eigenvalue weighted by Gasteiger charge is 2.29. The van der Waals surface area contributed by atoms with Gasteiger partial charge in [0, 0.05) is 23.5 Å². The van der Waals surface area contributed by atoms with Crippen molar-refractivity contribution >= 4 is 17.2 Å². The van der Waals surface area contributed by atoms with Crippen LogP contribution in [-0.4, -0.2) is 31.6 Å². The topological polar surface area (TPSA) is 50.4 Å². The minimum absolute atomic E-state index is 0.00398. The van der Waals surface area contributed by atoms with Gasteiger partial charge in [-0.3, -0.25) is 4.79 Å². The molecular formula is C13H20N2O2S. The second-order valence-electron chi connectivity index (χ2n) is 4.86. The third-order valence-corrected chi connectivity index (χ3v) is 4.46. The molecule has 3 unspecified atom stereocenters. The number of thiophene rings is 1. The van der Waals surface area contributed by atoms with Crippen LogP contribution in [-0.2, 0) is 0 Å². The maximum atomic E-state index is 12.1. The van der Waals surface area contributed by atoms with Crippen molar-refractivity contribution < 1.29 is 9.53 Å². The Morgan fingerprint density at radius 2 is 2.33 bits per heavy atom. The Balaban J connectivity index is 2.01. The fraction of sp³-hybridized carbons (Fsp3) is 0.615. The summed E-state index contributed by atoms with van der Waals surface area (Å²) >= 11 is 1.42. The summed E-state index contributed by atoms with van der Waals surface area (Å²) in [6.45, 7) is 5.34. The van der Waals surface area contributed by atoms with E-state index in [0.29, 0.717) is 16.8 Å². The first-order valence-corrected chi connectivity index (χ1v) is 7.16. The Morgan fingerprint density at radius 3 is 2.94 bits per heavy atom. The first kappa shape index (κ1) is 13.4. The van der Waals surface area contributed by atoms with Gasteiger partial charge < -0.3 is 15.4 Å². The average Bonchev–Trinajstić information content (AvgIpc) is 2.82. The average molecular weight is 268 g/mol. The Hall–Kier alpha value is -1.07. The summed E-state index contributed by atoms with van der Waals surface area (Å²) in [4.78, 5) is 12.9. The van der Waals surface area contributed by atoms with Gasteiger partial charge in [0.1, 0.15) is 5.75 Å². The number of methoxy groups -OCH3 is 1. The Labute approximate surface area is 112 Å². The zero-order valence-electron chi connectivity index (χ0n) is 11.0. The number of carbonyl (C=O) groups is 1. The monoisotopic (exact) mass is 268 g/mol. The van der Waals surface area contributed by atoms with Gasteiger partial charge >= 0.3 is 0 Å². The van der Waals surface area contributed by atoms with Crippen LogP contribution in [0.1, 0.15) is 29.9 Å². The molecule has 1 aromatic rings. The third-order valence-electron chi connectivity index (χ3n) is 3.55. The second kappa shape index (κ2) is 5.71. The van der Waals surface area contributed by atoms with Crippen LogP contribution in [0.15, 0.2) is 11.4 Å². The van der Waals surface area contributed by atoms with Crippen LogP contribution < -0.4 is 15.4 Å². The zero-order valence-corrected chi connectivity index (χ0v) is 11.8. The molecule has 1 aliphatic heterocycles. The van der Waals surface area contributed by atoms with Gasteiger partial charge in [0.2, 0.25) is 0 Å². The van der Waals surface area contributed by atoms with Gasteiger partial charge in [-0.25, -0.2) is 0 Å². The highest BCUT2D eigenvalue weighted by molar-refractivity contribution is 7.12. The van der Waals surface area contributed by atoms with E-state index >= 15 is 0 Å². The largest absolute Gasteiger partial charge is 0.496 e. The third kappa shape index (κ3) is 2.84. The number of carbonyl (C=O) groups excluding carboxylic acids is 1. The quantitative estimate of drug-likeness (QED) is 0.880. The van der Waals surface area contributed by atoms with Crippen molar-refractivity contribution in [2.24, 2.45) is 5.92 Å². The lowest BCUT2D eigenvalue weighted by Crippen LogP contribution is -2.55. The summed E-state index contributed by atoms with van der Waals surface area (Å²) in [7, 11) is 1.61. The molecule has 0 saturated carbocycles. The molecule has 0 aliphatic carbocycles. The minimum Gasteiger partial charge on any atom is -0.496 e. The first-order valence-electron chi connectivity index (χ1n) is 6.28. The number of hydrogen-bond acceptors (Lipinski definition) is 4. The summed E-state index contributed by atoms with van der Waals surface area (Å²) in [5, 5.41) is 8.37. The Bertz CT molecular complexity index is 409. The van der Waals surface area contributed by atoms with E-state index in [9.17, 15) is 4.79 Å². The van der Waals surface area contributed by atoms with Crippen LogP contribution in [0.25, 0.3) is 0 Å². The van der Waals surface area contributed by atoms with Gasteiger partial charge in [-0.15, -0.1) is 11.3 Å². The van der Waals surface area contributed by atoms with E-state index in [2.05, 4.69) is 24.5 Å². The number of nitrogens with one attached hydrogen (secondary N) is 2. The predicted molar refractivity (Wildman–Crippen MR) is 73.4 cm³/mol. The maximum Gasteiger partial charge on any atom is 0.261 e. The van der Waals surface area contributed by atoms with Gasteiger partial charge in [-0.2, -0.15) is 0 Å². The maximum absolute atomic E-state index is 12.1. The number of piperidine rings is 1. The molecule has 2 rings (SSSR count).